The molecule has 10 heteroatoms. The summed E-state index contributed by atoms with van der Waals surface area (Å²) in [7, 11) is -2.45. The molecule has 114 valence electrons. The molecule has 0 amide bonds. The highest BCUT2D eigenvalue weighted by Gasteiger charge is 2.28. The Kier molecular flexibility index (Phi) is 4.67. The summed E-state index contributed by atoms with van der Waals surface area (Å²) in [5, 5.41) is 10.3. The zero-order valence-corrected chi connectivity index (χ0v) is 13.2. The molecule has 0 saturated carbocycles. The highest BCUT2D eigenvalue weighted by molar-refractivity contribution is 7.89. The molecule has 0 fully saturated rings. The number of hydrogen-bond donors (Lipinski definition) is 2. The van der Waals surface area contributed by atoms with Gasteiger partial charge >= 0.3 is 5.97 Å². The van der Waals surface area contributed by atoms with E-state index in [0.717, 1.165) is 0 Å². The lowest BCUT2D eigenvalue weighted by Gasteiger charge is -2.14. The maximum absolute atomic E-state index is 12.3. The standard InChI is InChI=1S/C11H12ClN3O4S2/c1-15-6-13-11(10(15)12)21(18,19)14-7(5-9(16)17)8-3-2-4-20-8/h2-4,6-7,14H,5H2,1H3,(H,16,17). The van der Waals surface area contributed by atoms with Gasteiger partial charge in [-0.3, -0.25) is 4.79 Å². The van der Waals surface area contributed by atoms with E-state index < -0.39 is 22.0 Å². The Bertz CT molecular complexity index is 740. The number of rotatable bonds is 6. The largest absolute Gasteiger partial charge is 0.481 e. The number of nitrogens with zero attached hydrogens (tertiary/aromatic N) is 2. The van der Waals surface area contributed by atoms with E-state index in [1.165, 1.54) is 22.2 Å². The summed E-state index contributed by atoms with van der Waals surface area (Å²) in [6.07, 6.45) is 0.901. The Morgan fingerprint density at radius 1 is 1.62 bits per heavy atom. The summed E-state index contributed by atoms with van der Waals surface area (Å²) >= 11 is 7.14. The van der Waals surface area contributed by atoms with Crippen molar-refractivity contribution in [1.29, 1.82) is 0 Å². The van der Waals surface area contributed by atoms with Crippen LogP contribution in [0.3, 0.4) is 0 Å². The van der Waals surface area contributed by atoms with E-state index in [-0.39, 0.29) is 16.6 Å². The maximum Gasteiger partial charge on any atom is 0.305 e. The molecule has 1 unspecified atom stereocenters. The van der Waals surface area contributed by atoms with E-state index >= 15 is 0 Å². The lowest BCUT2D eigenvalue weighted by Crippen LogP contribution is -2.30. The fourth-order valence-electron chi connectivity index (χ4n) is 1.68. The maximum atomic E-state index is 12.3. The van der Waals surface area contributed by atoms with Crippen molar-refractivity contribution in [2.75, 3.05) is 0 Å². The van der Waals surface area contributed by atoms with E-state index in [1.807, 2.05) is 0 Å². The van der Waals surface area contributed by atoms with Gasteiger partial charge in [0.15, 0.2) is 0 Å². The quantitative estimate of drug-likeness (QED) is 0.825. The summed E-state index contributed by atoms with van der Waals surface area (Å²) < 4.78 is 28.3. The van der Waals surface area contributed by atoms with Crippen LogP contribution in [0.15, 0.2) is 28.9 Å². The van der Waals surface area contributed by atoms with Gasteiger partial charge in [-0.1, -0.05) is 17.7 Å². The molecule has 2 aromatic rings. The molecule has 2 rings (SSSR count). The number of aryl methyl sites for hydroxylation is 1. The molecule has 0 spiro atoms. The predicted molar refractivity (Wildman–Crippen MR) is 77.9 cm³/mol. The summed E-state index contributed by atoms with van der Waals surface area (Å²) in [4.78, 5) is 15.3. The van der Waals surface area contributed by atoms with Gasteiger partial charge in [-0.2, -0.15) is 0 Å². The van der Waals surface area contributed by atoms with Gasteiger partial charge in [0.1, 0.15) is 5.15 Å². The molecule has 7 nitrogen and oxygen atoms in total. The lowest BCUT2D eigenvalue weighted by molar-refractivity contribution is -0.137. The van der Waals surface area contributed by atoms with Crippen molar-refractivity contribution >= 4 is 38.9 Å². The Balaban J connectivity index is 2.31. The van der Waals surface area contributed by atoms with Crippen LogP contribution >= 0.6 is 22.9 Å². The molecular weight excluding hydrogens is 338 g/mol. The topological polar surface area (TPSA) is 101 Å². The summed E-state index contributed by atoms with van der Waals surface area (Å²) in [5.41, 5.74) is 0. The van der Waals surface area contributed by atoms with E-state index in [9.17, 15) is 13.2 Å². The van der Waals surface area contributed by atoms with Crippen LogP contribution in [0.2, 0.25) is 5.15 Å². The zero-order valence-electron chi connectivity index (χ0n) is 10.9. The first-order valence-electron chi connectivity index (χ1n) is 5.75. The summed E-state index contributed by atoms with van der Waals surface area (Å²) in [6, 6.07) is 2.52. The molecule has 2 N–H and O–H groups in total. The van der Waals surface area contributed by atoms with Crippen molar-refractivity contribution in [3.05, 3.63) is 33.9 Å². The summed E-state index contributed by atoms with van der Waals surface area (Å²) in [5.74, 6) is -1.11. The average molecular weight is 350 g/mol. The molecule has 0 bridgehead atoms. The molecule has 0 radical (unpaired) electrons. The third-order valence-corrected chi connectivity index (χ3v) is 5.60. The first kappa shape index (κ1) is 16.0. The van der Waals surface area contributed by atoms with Crippen molar-refractivity contribution in [2.45, 2.75) is 17.5 Å². The number of thiophene rings is 1. The minimum absolute atomic E-state index is 0.0391. The van der Waals surface area contributed by atoms with Crippen LogP contribution in [-0.4, -0.2) is 29.0 Å². The van der Waals surface area contributed by atoms with Crippen LogP contribution in [0.1, 0.15) is 17.3 Å². The van der Waals surface area contributed by atoms with Gasteiger partial charge in [0.2, 0.25) is 5.03 Å². The van der Waals surface area contributed by atoms with E-state index in [4.69, 9.17) is 16.7 Å². The molecular formula is C11H12ClN3O4S2. The van der Waals surface area contributed by atoms with Crippen molar-refractivity contribution < 1.29 is 18.3 Å². The lowest BCUT2D eigenvalue weighted by atomic mass is 10.2. The van der Waals surface area contributed by atoms with Gasteiger partial charge in [-0.15, -0.1) is 11.3 Å². The van der Waals surface area contributed by atoms with Crippen LogP contribution in [0.25, 0.3) is 0 Å². The summed E-state index contributed by atoms with van der Waals surface area (Å²) in [6.45, 7) is 0. The number of carbonyl (C=O) groups is 1. The third kappa shape index (κ3) is 3.62. The fourth-order valence-corrected chi connectivity index (χ4v) is 4.18. The molecule has 21 heavy (non-hydrogen) atoms. The molecule has 1 atom stereocenters. The van der Waals surface area contributed by atoms with Crippen LogP contribution in [0.4, 0.5) is 0 Å². The number of carboxylic acid groups (broad SMARTS) is 1. The number of nitrogens with one attached hydrogen (secondary N) is 1. The number of aromatic nitrogens is 2. The van der Waals surface area contributed by atoms with Gasteiger partial charge in [0.25, 0.3) is 10.0 Å². The van der Waals surface area contributed by atoms with E-state index in [2.05, 4.69) is 9.71 Å². The number of carboxylic acids is 1. The zero-order chi connectivity index (χ0) is 15.6. The normalized spacial score (nSPS) is 13.2. The van der Waals surface area contributed by atoms with Crippen molar-refractivity contribution in [1.82, 2.24) is 14.3 Å². The molecule has 2 heterocycles. The first-order valence-corrected chi connectivity index (χ1v) is 8.49. The fraction of sp³-hybridized carbons (Fsp3) is 0.273. The Morgan fingerprint density at radius 3 is 2.81 bits per heavy atom. The van der Waals surface area contributed by atoms with Gasteiger partial charge in [-0.05, 0) is 11.4 Å². The Labute approximate surface area is 130 Å². The number of imidazole rings is 1. The minimum atomic E-state index is -4.01. The highest BCUT2D eigenvalue weighted by atomic mass is 35.5. The molecule has 0 saturated heterocycles. The van der Waals surface area contributed by atoms with Gasteiger partial charge in [0, 0.05) is 11.9 Å². The number of aliphatic carboxylic acids is 1. The van der Waals surface area contributed by atoms with Crippen LogP contribution in [0, 0.1) is 0 Å². The average Bonchev–Trinajstić information content (AvgIpc) is 2.99. The SMILES string of the molecule is Cn1cnc(S(=O)(=O)NC(CC(=O)O)c2cccs2)c1Cl. The van der Waals surface area contributed by atoms with E-state index in [0.29, 0.717) is 4.88 Å². The molecule has 0 aliphatic rings. The second kappa shape index (κ2) is 6.14. The van der Waals surface area contributed by atoms with Gasteiger partial charge in [-0.25, -0.2) is 18.1 Å². The second-order valence-electron chi connectivity index (χ2n) is 4.24. The van der Waals surface area contributed by atoms with Crippen molar-refractivity contribution in [3.8, 4) is 0 Å². The monoisotopic (exact) mass is 349 g/mol. The minimum Gasteiger partial charge on any atom is -0.481 e. The number of sulfonamides is 1. The third-order valence-electron chi connectivity index (χ3n) is 2.65. The van der Waals surface area contributed by atoms with Crippen LogP contribution in [-0.2, 0) is 21.9 Å². The molecule has 0 aliphatic carbocycles. The second-order valence-corrected chi connectivity index (χ2v) is 7.21. The molecule has 0 aromatic carbocycles. The smallest absolute Gasteiger partial charge is 0.305 e. The Hall–Kier alpha value is -1.42. The Morgan fingerprint density at radius 2 is 2.33 bits per heavy atom. The molecule has 2 aromatic heterocycles. The number of hydrogen-bond acceptors (Lipinski definition) is 5. The van der Waals surface area contributed by atoms with Gasteiger partial charge < -0.3 is 9.67 Å². The predicted octanol–water partition coefficient (Wildman–Crippen LogP) is 1.63. The molecule has 0 aliphatic heterocycles. The number of halogens is 1. The van der Waals surface area contributed by atoms with Crippen molar-refractivity contribution in [3.63, 3.8) is 0 Å². The highest BCUT2D eigenvalue weighted by Crippen LogP contribution is 2.26. The van der Waals surface area contributed by atoms with Crippen LogP contribution in [0.5, 0.6) is 0 Å². The van der Waals surface area contributed by atoms with Crippen LogP contribution < -0.4 is 4.72 Å². The first-order chi connectivity index (χ1) is 9.81. The van der Waals surface area contributed by atoms with Gasteiger partial charge in [0.05, 0.1) is 18.8 Å². The van der Waals surface area contributed by atoms with E-state index in [1.54, 1.807) is 24.6 Å². The van der Waals surface area contributed by atoms with Crippen molar-refractivity contribution in [2.24, 2.45) is 7.05 Å².